The highest BCUT2D eigenvalue weighted by Gasteiger charge is 2.30. The Labute approximate surface area is 172 Å². The van der Waals surface area contributed by atoms with Crippen LogP contribution in [-0.2, 0) is 14.8 Å². The van der Waals surface area contributed by atoms with Crippen LogP contribution in [0.3, 0.4) is 0 Å². The van der Waals surface area contributed by atoms with Crippen LogP contribution in [0, 0.1) is 12.8 Å². The van der Waals surface area contributed by atoms with E-state index in [1.54, 1.807) is 55.5 Å². The summed E-state index contributed by atoms with van der Waals surface area (Å²) in [7, 11) is -3.66. The largest absolute Gasteiger partial charge is 0.354 e. The molecule has 0 atom stereocenters. The molecule has 2 aromatic heterocycles. The number of thiophene rings is 1. The molecular weight excluding hydrogens is 410 g/mol. The first-order valence-corrected chi connectivity index (χ1v) is 11.4. The molecule has 4 rings (SSSR count). The molecule has 150 valence electrons. The molecule has 0 saturated heterocycles. The van der Waals surface area contributed by atoms with Crippen molar-refractivity contribution in [2.45, 2.75) is 24.0 Å². The first-order chi connectivity index (χ1) is 13.9. The van der Waals surface area contributed by atoms with E-state index in [-0.39, 0.29) is 16.0 Å². The van der Waals surface area contributed by atoms with Crippen molar-refractivity contribution in [2.75, 3.05) is 10.0 Å². The number of amides is 1. The number of carbonyl (C=O) groups excluding carboxylic acids is 1. The number of sulfonamides is 1. The summed E-state index contributed by atoms with van der Waals surface area (Å²) in [5.74, 6) is 0.475. The van der Waals surface area contributed by atoms with Crippen LogP contribution < -0.4 is 10.0 Å². The highest BCUT2D eigenvalue weighted by Crippen LogP contribution is 2.32. The SMILES string of the molecule is Cc1noc(C=Cc2ccc(S(=O)(=O)Nc3ccccc3)s2)c1NC(=O)C1CC1. The number of aromatic nitrogens is 1. The van der Waals surface area contributed by atoms with E-state index >= 15 is 0 Å². The molecule has 0 aliphatic heterocycles. The van der Waals surface area contributed by atoms with E-state index in [0.717, 1.165) is 29.1 Å². The minimum absolute atomic E-state index is 0.0255. The van der Waals surface area contributed by atoms with Crippen LogP contribution >= 0.6 is 11.3 Å². The molecular formula is C20H19N3O4S2. The molecule has 1 amide bonds. The van der Waals surface area contributed by atoms with Gasteiger partial charge < -0.3 is 9.84 Å². The second-order valence-electron chi connectivity index (χ2n) is 6.73. The van der Waals surface area contributed by atoms with Crippen molar-refractivity contribution in [1.29, 1.82) is 0 Å². The number of nitrogens with zero attached hydrogens (tertiary/aromatic N) is 1. The van der Waals surface area contributed by atoms with E-state index in [2.05, 4.69) is 15.2 Å². The Kier molecular flexibility index (Phi) is 5.25. The van der Waals surface area contributed by atoms with Gasteiger partial charge in [0.25, 0.3) is 10.0 Å². The monoisotopic (exact) mass is 429 g/mol. The Bertz CT molecular complexity index is 1160. The van der Waals surface area contributed by atoms with Crippen LogP contribution in [0.1, 0.15) is 29.2 Å². The number of nitrogens with one attached hydrogen (secondary N) is 2. The van der Waals surface area contributed by atoms with Crippen molar-refractivity contribution in [3.8, 4) is 0 Å². The van der Waals surface area contributed by atoms with Gasteiger partial charge in [-0.15, -0.1) is 11.3 Å². The first-order valence-electron chi connectivity index (χ1n) is 9.05. The molecule has 1 fully saturated rings. The smallest absolute Gasteiger partial charge is 0.271 e. The van der Waals surface area contributed by atoms with E-state index in [1.165, 1.54) is 0 Å². The number of para-hydroxylation sites is 1. The topological polar surface area (TPSA) is 101 Å². The lowest BCUT2D eigenvalue weighted by atomic mass is 10.2. The second-order valence-corrected chi connectivity index (χ2v) is 9.76. The molecule has 9 heteroatoms. The number of aryl methyl sites for hydroxylation is 1. The molecule has 0 radical (unpaired) electrons. The maximum Gasteiger partial charge on any atom is 0.271 e. The Hall–Kier alpha value is -2.91. The molecule has 0 bridgehead atoms. The first kappa shape index (κ1) is 19.4. The van der Waals surface area contributed by atoms with Gasteiger partial charge in [0.15, 0.2) is 5.76 Å². The highest BCUT2D eigenvalue weighted by atomic mass is 32.2. The van der Waals surface area contributed by atoms with Gasteiger partial charge in [0.05, 0.1) is 0 Å². The normalized spacial score (nSPS) is 14.2. The fourth-order valence-electron chi connectivity index (χ4n) is 2.66. The Morgan fingerprint density at radius 2 is 1.93 bits per heavy atom. The van der Waals surface area contributed by atoms with Crippen molar-refractivity contribution in [2.24, 2.45) is 5.92 Å². The third-order valence-electron chi connectivity index (χ3n) is 4.38. The minimum Gasteiger partial charge on any atom is -0.354 e. The molecule has 0 spiro atoms. The van der Waals surface area contributed by atoms with Gasteiger partial charge in [-0.2, -0.15) is 0 Å². The maximum absolute atomic E-state index is 12.5. The quantitative estimate of drug-likeness (QED) is 0.581. The molecule has 1 aromatic carbocycles. The molecule has 1 saturated carbocycles. The van der Waals surface area contributed by atoms with E-state index in [4.69, 9.17) is 4.52 Å². The van der Waals surface area contributed by atoms with Gasteiger partial charge in [0.2, 0.25) is 5.91 Å². The van der Waals surface area contributed by atoms with Crippen LogP contribution in [0.15, 0.2) is 51.2 Å². The second kappa shape index (κ2) is 7.84. The van der Waals surface area contributed by atoms with Gasteiger partial charge in [-0.1, -0.05) is 23.4 Å². The van der Waals surface area contributed by atoms with Gasteiger partial charge in [-0.3, -0.25) is 9.52 Å². The van der Waals surface area contributed by atoms with E-state index in [9.17, 15) is 13.2 Å². The standard InChI is InChI=1S/C20H19N3O4S2/c1-13-19(21-20(24)14-7-8-14)17(27-22-13)11-9-16-10-12-18(28-16)29(25,26)23-15-5-3-2-4-6-15/h2-6,9-12,14,23H,7-8H2,1H3,(H,21,24). The maximum atomic E-state index is 12.5. The van der Waals surface area contributed by atoms with Gasteiger partial charge in [0, 0.05) is 16.5 Å². The predicted molar refractivity (Wildman–Crippen MR) is 113 cm³/mol. The van der Waals surface area contributed by atoms with Crippen LogP contribution in [0.2, 0.25) is 0 Å². The molecule has 1 aliphatic rings. The lowest BCUT2D eigenvalue weighted by molar-refractivity contribution is -0.117. The van der Waals surface area contributed by atoms with Crippen LogP contribution in [0.25, 0.3) is 12.2 Å². The van der Waals surface area contributed by atoms with E-state index in [1.807, 2.05) is 6.07 Å². The third-order valence-corrected chi connectivity index (χ3v) is 7.30. The zero-order valence-electron chi connectivity index (χ0n) is 15.6. The summed E-state index contributed by atoms with van der Waals surface area (Å²) in [6.45, 7) is 1.76. The zero-order chi connectivity index (χ0) is 20.4. The summed E-state index contributed by atoms with van der Waals surface area (Å²) < 4.78 is 33.1. The fraction of sp³-hybridized carbons (Fsp3) is 0.200. The number of carbonyl (C=O) groups is 1. The van der Waals surface area contributed by atoms with Crippen molar-refractivity contribution in [3.05, 3.63) is 58.8 Å². The van der Waals surface area contributed by atoms with Gasteiger partial charge >= 0.3 is 0 Å². The van der Waals surface area contributed by atoms with Crippen molar-refractivity contribution in [3.63, 3.8) is 0 Å². The molecule has 29 heavy (non-hydrogen) atoms. The molecule has 7 nitrogen and oxygen atoms in total. The van der Waals surface area contributed by atoms with Crippen LogP contribution in [0.4, 0.5) is 11.4 Å². The Morgan fingerprint density at radius 3 is 2.66 bits per heavy atom. The summed E-state index contributed by atoms with van der Waals surface area (Å²) in [4.78, 5) is 12.8. The lowest BCUT2D eigenvalue weighted by Gasteiger charge is -2.05. The molecule has 2 heterocycles. The number of anilines is 2. The Balaban J connectivity index is 1.49. The molecule has 2 N–H and O–H groups in total. The average molecular weight is 430 g/mol. The number of benzene rings is 1. The van der Waals surface area contributed by atoms with Crippen molar-refractivity contribution >= 4 is 50.8 Å². The summed E-state index contributed by atoms with van der Waals surface area (Å²) in [5, 5.41) is 6.77. The van der Waals surface area contributed by atoms with Gasteiger partial charge in [-0.05, 0) is 56.2 Å². The van der Waals surface area contributed by atoms with Crippen molar-refractivity contribution in [1.82, 2.24) is 5.16 Å². The molecule has 3 aromatic rings. The number of hydrogen-bond acceptors (Lipinski definition) is 6. The lowest BCUT2D eigenvalue weighted by Crippen LogP contribution is -2.14. The summed E-state index contributed by atoms with van der Waals surface area (Å²) >= 11 is 1.13. The van der Waals surface area contributed by atoms with Crippen LogP contribution in [-0.4, -0.2) is 19.5 Å². The van der Waals surface area contributed by atoms with E-state index < -0.39 is 10.0 Å². The summed E-state index contributed by atoms with van der Waals surface area (Å²) in [6, 6.07) is 12.0. The molecule has 0 unspecified atom stereocenters. The molecule has 1 aliphatic carbocycles. The minimum atomic E-state index is -3.66. The predicted octanol–water partition coefficient (Wildman–Crippen LogP) is 4.36. The zero-order valence-corrected chi connectivity index (χ0v) is 17.2. The average Bonchev–Trinajstić information content (AvgIpc) is 3.34. The Morgan fingerprint density at radius 1 is 1.17 bits per heavy atom. The van der Waals surface area contributed by atoms with Crippen molar-refractivity contribution < 1.29 is 17.7 Å². The number of hydrogen-bond donors (Lipinski definition) is 2. The number of rotatable bonds is 7. The third kappa shape index (κ3) is 4.57. The van der Waals surface area contributed by atoms with E-state index in [0.29, 0.717) is 22.8 Å². The summed E-state index contributed by atoms with van der Waals surface area (Å²) in [6.07, 6.45) is 5.23. The van der Waals surface area contributed by atoms with Gasteiger partial charge in [0.1, 0.15) is 15.6 Å². The van der Waals surface area contributed by atoms with Gasteiger partial charge in [-0.25, -0.2) is 8.42 Å². The highest BCUT2D eigenvalue weighted by molar-refractivity contribution is 7.94. The summed E-state index contributed by atoms with van der Waals surface area (Å²) in [5.41, 5.74) is 1.65. The fourth-order valence-corrected chi connectivity index (χ4v) is 4.95. The van der Waals surface area contributed by atoms with Crippen LogP contribution in [0.5, 0.6) is 0 Å².